The zero-order valence-corrected chi connectivity index (χ0v) is 23.6. The number of thiocarbonyl (C=S) groups is 1. The summed E-state index contributed by atoms with van der Waals surface area (Å²) in [6.45, 7) is 8.48. The van der Waals surface area contributed by atoms with E-state index in [9.17, 15) is 14.9 Å². The second-order valence-electron chi connectivity index (χ2n) is 8.84. The summed E-state index contributed by atoms with van der Waals surface area (Å²) in [5.41, 5.74) is 1.93. The molecule has 0 bridgehead atoms. The van der Waals surface area contributed by atoms with Crippen LogP contribution in [-0.2, 0) is 17.8 Å². The van der Waals surface area contributed by atoms with Gasteiger partial charge >= 0.3 is 0 Å². The molecule has 0 radical (unpaired) electrons. The van der Waals surface area contributed by atoms with Crippen LogP contribution in [0.4, 0.5) is 5.82 Å². The van der Waals surface area contributed by atoms with E-state index in [1.54, 1.807) is 36.7 Å². The van der Waals surface area contributed by atoms with E-state index in [1.807, 2.05) is 39.0 Å². The van der Waals surface area contributed by atoms with Gasteiger partial charge in [-0.2, -0.15) is 5.26 Å². The van der Waals surface area contributed by atoms with Gasteiger partial charge in [-0.1, -0.05) is 37.0 Å². The van der Waals surface area contributed by atoms with E-state index in [2.05, 4.69) is 11.4 Å². The average Bonchev–Trinajstić information content (AvgIpc) is 3.16. The number of anilines is 1. The van der Waals surface area contributed by atoms with Gasteiger partial charge in [0.25, 0.3) is 11.5 Å². The van der Waals surface area contributed by atoms with E-state index >= 15 is 0 Å². The Labute approximate surface area is 227 Å². The van der Waals surface area contributed by atoms with Crippen LogP contribution in [0.1, 0.15) is 49.4 Å². The minimum Gasteiger partial charge on any atom is -0.493 e. The average molecular weight is 541 g/mol. The predicted molar refractivity (Wildman–Crippen MR) is 152 cm³/mol. The monoisotopic (exact) mass is 540 g/mol. The number of hydrogen-bond acceptors (Lipinski definition) is 8. The van der Waals surface area contributed by atoms with Crippen molar-refractivity contribution in [3.05, 3.63) is 55.7 Å². The first-order chi connectivity index (χ1) is 17.7. The van der Waals surface area contributed by atoms with E-state index in [-0.39, 0.29) is 23.1 Å². The second kappa shape index (κ2) is 12.3. The maximum atomic E-state index is 13.2. The molecule has 0 atom stereocenters. The van der Waals surface area contributed by atoms with E-state index in [0.29, 0.717) is 63.6 Å². The van der Waals surface area contributed by atoms with Crippen molar-refractivity contribution in [3.8, 4) is 17.6 Å². The summed E-state index contributed by atoms with van der Waals surface area (Å²) in [5.74, 6) is 1.70. The summed E-state index contributed by atoms with van der Waals surface area (Å²) < 4.78 is 12.8. The largest absolute Gasteiger partial charge is 0.493 e. The van der Waals surface area contributed by atoms with Crippen molar-refractivity contribution in [1.29, 1.82) is 5.26 Å². The number of nitrogens with one attached hydrogen (secondary N) is 1. The van der Waals surface area contributed by atoms with Crippen LogP contribution in [0, 0.1) is 18.3 Å². The molecule has 2 heterocycles. The quantitative estimate of drug-likeness (QED) is 0.342. The first-order valence-corrected chi connectivity index (χ1v) is 13.3. The zero-order valence-electron chi connectivity index (χ0n) is 22.0. The molecule has 0 spiro atoms. The number of nitriles is 1. The van der Waals surface area contributed by atoms with Crippen molar-refractivity contribution in [1.82, 2.24) is 9.47 Å². The summed E-state index contributed by atoms with van der Waals surface area (Å²) in [4.78, 5) is 28.4. The number of nitrogens with zero attached hydrogens (tertiary/aromatic N) is 3. The summed E-state index contributed by atoms with van der Waals surface area (Å²) in [7, 11) is 3.19. The first kappa shape index (κ1) is 28.3. The van der Waals surface area contributed by atoms with Crippen LogP contribution in [0.2, 0.25) is 0 Å². The molecule has 0 aliphatic carbocycles. The molecular weight excluding hydrogens is 508 g/mol. The van der Waals surface area contributed by atoms with Gasteiger partial charge in [-0.25, -0.2) is 0 Å². The highest BCUT2D eigenvalue weighted by Crippen LogP contribution is 2.36. The summed E-state index contributed by atoms with van der Waals surface area (Å²) in [6.07, 6.45) is 3.10. The standard InChI is InChI=1S/C27H32N4O4S2/c1-7-12-30-24(29-11-10-18-8-9-21(34-5)22(13-18)35-6)19(17(4)20(15-28)25(30)32)14-23-26(33)31(16(2)3)27(36)37-23/h8-9,13-14,16,29H,7,10-12H2,1-6H3/b23-14+. The van der Waals surface area contributed by atoms with E-state index in [0.717, 1.165) is 5.56 Å². The molecule has 0 saturated carbocycles. The van der Waals surface area contributed by atoms with Crippen molar-refractivity contribution >= 4 is 46.1 Å². The van der Waals surface area contributed by atoms with Crippen molar-refractivity contribution in [2.75, 3.05) is 26.1 Å². The lowest BCUT2D eigenvalue weighted by atomic mass is 10.0. The molecule has 196 valence electrons. The minimum atomic E-state index is -0.345. The molecule has 1 N–H and O–H groups in total. The second-order valence-corrected chi connectivity index (χ2v) is 10.5. The van der Waals surface area contributed by atoms with E-state index < -0.39 is 0 Å². The van der Waals surface area contributed by atoms with Gasteiger partial charge in [-0.15, -0.1) is 0 Å². The van der Waals surface area contributed by atoms with E-state index in [1.165, 1.54) is 11.8 Å². The number of thioether (sulfide) groups is 1. The minimum absolute atomic E-state index is 0.0673. The van der Waals surface area contributed by atoms with Gasteiger partial charge in [0.2, 0.25) is 0 Å². The van der Waals surface area contributed by atoms with Crippen molar-refractivity contribution in [3.63, 3.8) is 0 Å². The van der Waals surface area contributed by atoms with Gasteiger partial charge < -0.3 is 14.8 Å². The fourth-order valence-corrected chi connectivity index (χ4v) is 5.71. The summed E-state index contributed by atoms with van der Waals surface area (Å²) in [5, 5.41) is 13.2. The fourth-order valence-electron chi connectivity index (χ4n) is 4.21. The van der Waals surface area contributed by atoms with Crippen LogP contribution in [0.3, 0.4) is 0 Å². The lowest BCUT2D eigenvalue weighted by Crippen LogP contribution is -2.34. The maximum absolute atomic E-state index is 13.2. The third-order valence-electron chi connectivity index (χ3n) is 6.09. The van der Waals surface area contributed by atoms with Gasteiger partial charge in [0.05, 0.1) is 19.1 Å². The summed E-state index contributed by atoms with van der Waals surface area (Å²) in [6, 6.07) is 7.73. The zero-order chi connectivity index (χ0) is 27.3. The van der Waals surface area contributed by atoms with Gasteiger partial charge in [0, 0.05) is 24.7 Å². The Bertz CT molecular complexity index is 1340. The van der Waals surface area contributed by atoms with Gasteiger partial charge in [-0.05, 0) is 62.9 Å². The SMILES string of the molecule is CCCn1c(NCCc2ccc(OC)c(OC)c2)c(/C=C2/SC(=S)N(C(C)C)C2=O)c(C)c(C#N)c1=O. The number of methoxy groups -OCH3 is 2. The molecule has 1 amide bonds. The molecule has 1 aliphatic rings. The van der Waals surface area contributed by atoms with Crippen molar-refractivity contribution in [2.45, 2.75) is 53.1 Å². The van der Waals surface area contributed by atoms with Crippen LogP contribution in [0.15, 0.2) is 27.9 Å². The van der Waals surface area contributed by atoms with Crippen molar-refractivity contribution in [2.24, 2.45) is 0 Å². The van der Waals surface area contributed by atoms with Gasteiger partial charge in [0.15, 0.2) is 11.5 Å². The third-order valence-corrected chi connectivity index (χ3v) is 7.42. The smallest absolute Gasteiger partial charge is 0.270 e. The highest BCUT2D eigenvalue weighted by Gasteiger charge is 2.34. The van der Waals surface area contributed by atoms with Crippen LogP contribution < -0.4 is 20.3 Å². The van der Waals surface area contributed by atoms with E-state index in [4.69, 9.17) is 21.7 Å². The number of amides is 1. The molecule has 1 aromatic carbocycles. The Hall–Kier alpha value is -3.29. The number of hydrogen-bond donors (Lipinski definition) is 1. The number of benzene rings is 1. The summed E-state index contributed by atoms with van der Waals surface area (Å²) >= 11 is 6.67. The Morgan fingerprint density at radius 2 is 1.92 bits per heavy atom. The Morgan fingerprint density at radius 3 is 2.49 bits per heavy atom. The molecule has 10 heteroatoms. The number of pyridine rings is 1. The molecule has 2 aromatic rings. The highest BCUT2D eigenvalue weighted by molar-refractivity contribution is 8.26. The Balaban J connectivity index is 2.05. The normalized spacial score (nSPS) is 14.4. The Kier molecular flexibility index (Phi) is 9.40. The third kappa shape index (κ3) is 5.84. The lowest BCUT2D eigenvalue weighted by Gasteiger charge is -2.20. The molecule has 8 nitrogen and oxygen atoms in total. The molecule has 1 aliphatic heterocycles. The molecule has 1 aromatic heterocycles. The van der Waals surface area contributed by atoms with Crippen molar-refractivity contribution < 1.29 is 14.3 Å². The molecule has 0 unspecified atom stereocenters. The maximum Gasteiger partial charge on any atom is 0.270 e. The number of rotatable bonds is 10. The number of carbonyl (C=O) groups is 1. The van der Waals surface area contributed by atoms with Gasteiger partial charge in [0.1, 0.15) is 21.8 Å². The first-order valence-electron chi connectivity index (χ1n) is 12.1. The molecule has 3 rings (SSSR count). The van der Waals surface area contributed by atoms with Crippen LogP contribution >= 0.6 is 24.0 Å². The molecule has 1 saturated heterocycles. The van der Waals surface area contributed by atoms with Crippen LogP contribution in [0.5, 0.6) is 11.5 Å². The fraction of sp³-hybridized carbons (Fsp3) is 0.407. The molecule has 37 heavy (non-hydrogen) atoms. The highest BCUT2D eigenvalue weighted by atomic mass is 32.2. The Morgan fingerprint density at radius 1 is 1.22 bits per heavy atom. The van der Waals surface area contributed by atoms with Crippen LogP contribution in [-0.4, -0.2) is 46.5 Å². The molecule has 1 fully saturated rings. The number of aromatic nitrogens is 1. The van der Waals surface area contributed by atoms with Crippen LogP contribution in [0.25, 0.3) is 6.08 Å². The molecular formula is C27H32N4O4S2. The number of carbonyl (C=O) groups excluding carboxylic acids is 1. The lowest BCUT2D eigenvalue weighted by molar-refractivity contribution is -0.123. The predicted octanol–water partition coefficient (Wildman–Crippen LogP) is 4.72. The number of ether oxygens (including phenoxy) is 2. The van der Waals surface area contributed by atoms with Gasteiger partial charge in [-0.3, -0.25) is 19.1 Å². The topological polar surface area (TPSA) is 96.6 Å².